The summed E-state index contributed by atoms with van der Waals surface area (Å²) < 4.78 is 49.0. The van der Waals surface area contributed by atoms with Crippen LogP contribution in [-0.4, -0.2) is 34.9 Å². The minimum atomic E-state index is -3.32. The van der Waals surface area contributed by atoms with Crippen molar-refractivity contribution >= 4 is 19.9 Å². The van der Waals surface area contributed by atoms with Crippen LogP contribution in [0.4, 0.5) is 0 Å². The molecule has 21 heavy (non-hydrogen) atoms. The van der Waals surface area contributed by atoms with Crippen molar-refractivity contribution in [3.63, 3.8) is 0 Å². The second kappa shape index (κ2) is 6.89. The standard InChI is InChI=1S/C14H21NO4S2/c16-20(17)10-8-14(11-20)7-4-9-15-21(18,19)12-13-5-2-1-3-6-13/h1-3,5-6,14-15H,4,7-12H2. The van der Waals surface area contributed by atoms with Gasteiger partial charge in [0.1, 0.15) is 0 Å². The van der Waals surface area contributed by atoms with Crippen molar-refractivity contribution in [3.05, 3.63) is 35.9 Å². The highest BCUT2D eigenvalue weighted by molar-refractivity contribution is 7.91. The molecule has 0 amide bonds. The molecule has 1 aliphatic heterocycles. The third-order valence-electron chi connectivity index (χ3n) is 3.64. The lowest BCUT2D eigenvalue weighted by atomic mass is 10.0. The van der Waals surface area contributed by atoms with E-state index in [1.165, 1.54) is 0 Å². The highest BCUT2D eigenvalue weighted by Gasteiger charge is 2.27. The molecule has 0 spiro atoms. The maximum Gasteiger partial charge on any atom is 0.215 e. The highest BCUT2D eigenvalue weighted by Crippen LogP contribution is 2.22. The van der Waals surface area contributed by atoms with Gasteiger partial charge in [-0.2, -0.15) is 0 Å². The second-order valence-corrected chi connectivity index (χ2v) is 9.59. The molecule has 1 atom stereocenters. The molecule has 0 bridgehead atoms. The highest BCUT2D eigenvalue weighted by atomic mass is 32.2. The second-order valence-electron chi connectivity index (χ2n) is 5.55. The number of hydrogen-bond donors (Lipinski definition) is 1. The molecular weight excluding hydrogens is 310 g/mol. The number of sulfone groups is 1. The first-order valence-electron chi connectivity index (χ1n) is 7.08. The summed E-state index contributed by atoms with van der Waals surface area (Å²) in [6.07, 6.45) is 2.14. The lowest BCUT2D eigenvalue weighted by Gasteiger charge is -2.09. The fourth-order valence-electron chi connectivity index (χ4n) is 2.56. The first kappa shape index (κ1) is 16.5. The van der Waals surface area contributed by atoms with Crippen molar-refractivity contribution in [1.29, 1.82) is 0 Å². The number of benzene rings is 1. The van der Waals surface area contributed by atoms with E-state index in [0.29, 0.717) is 19.4 Å². The van der Waals surface area contributed by atoms with Crippen LogP contribution in [0, 0.1) is 5.92 Å². The third kappa shape index (κ3) is 5.76. The molecule has 0 aliphatic carbocycles. The molecule has 0 aromatic heterocycles. The molecular formula is C14H21NO4S2. The zero-order valence-electron chi connectivity index (χ0n) is 11.9. The molecule has 2 rings (SSSR count). The smallest absolute Gasteiger partial charge is 0.215 e. The Morgan fingerprint density at radius 3 is 2.52 bits per heavy atom. The summed E-state index contributed by atoms with van der Waals surface area (Å²) in [7, 11) is -6.16. The van der Waals surface area contributed by atoms with Crippen LogP contribution in [0.15, 0.2) is 30.3 Å². The summed E-state index contributed by atoms with van der Waals surface area (Å²) in [6, 6.07) is 9.03. The van der Waals surface area contributed by atoms with E-state index in [0.717, 1.165) is 12.0 Å². The van der Waals surface area contributed by atoms with Gasteiger partial charge in [-0.15, -0.1) is 0 Å². The van der Waals surface area contributed by atoms with Gasteiger partial charge in [-0.25, -0.2) is 21.6 Å². The van der Waals surface area contributed by atoms with Gasteiger partial charge in [-0.1, -0.05) is 30.3 Å². The molecule has 1 unspecified atom stereocenters. The Kier molecular flexibility index (Phi) is 5.40. The average molecular weight is 331 g/mol. The molecule has 0 saturated carbocycles. The van der Waals surface area contributed by atoms with Crippen molar-refractivity contribution in [3.8, 4) is 0 Å². The molecule has 118 valence electrons. The summed E-state index contributed by atoms with van der Waals surface area (Å²) in [5, 5.41) is 0. The van der Waals surface area contributed by atoms with Gasteiger partial charge in [0.2, 0.25) is 10.0 Å². The van der Waals surface area contributed by atoms with Gasteiger partial charge in [0, 0.05) is 6.54 Å². The molecule has 1 aromatic carbocycles. The predicted molar refractivity (Wildman–Crippen MR) is 83.1 cm³/mol. The van der Waals surface area contributed by atoms with Gasteiger partial charge in [-0.05, 0) is 30.7 Å². The maximum atomic E-state index is 11.9. The van der Waals surface area contributed by atoms with Gasteiger partial charge in [0.25, 0.3) is 0 Å². The van der Waals surface area contributed by atoms with E-state index < -0.39 is 19.9 Å². The summed E-state index contributed by atoms with van der Waals surface area (Å²) in [4.78, 5) is 0. The SMILES string of the molecule is O=S1(=O)CCC(CCCNS(=O)(=O)Cc2ccccc2)C1. The number of rotatable bonds is 7. The van der Waals surface area contributed by atoms with Gasteiger partial charge in [-0.3, -0.25) is 0 Å². The van der Waals surface area contributed by atoms with Crippen LogP contribution in [0.5, 0.6) is 0 Å². The van der Waals surface area contributed by atoms with E-state index in [-0.39, 0.29) is 23.2 Å². The monoisotopic (exact) mass is 331 g/mol. The van der Waals surface area contributed by atoms with Crippen LogP contribution in [0.1, 0.15) is 24.8 Å². The van der Waals surface area contributed by atoms with Crippen LogP contribution in [-0.2, 0) is 25.6 Å². The van der Waals surface area contributed by atoms with Crippen LogP contribution in [0.3, 0.4) is 0 Å². The van der Waals surface area contributed by atoms with E-state index in [4.69, 9.17) is 0 Å². The van der Waals surface area contributed by atoms with E-state index in [9.17, 15) is 16.8 Å². The minimum Gasteiger partial charge on any atom is -0.229 e. The Bertz CT molecular complexity index is 653. The molecule has 5 nitrogen and oxygen atoms in total. The van der Waals surface area contributed by atoms with Crippen LogP contribution in [0.25, 0.3) is 0 Å². The molecule has 1 saturated heterocycles. The molecule has 0 radical (unpaired) electrons. The Morgan fingerprint density at radius 2 is 1.90 bits per heavy atom. The Balaban J connectivity index is 1.71. The largest absolute Gasteiger partial charge is 0.229 e. The predicted octanol–water partition coefficient (Wildman–Crippen LogP) is 1.32. The Hall–Kier alpha value is -0.920. The van der Waals surface area contributed by atoms with Crippen molar-refractivity contribution in [2.75, 3.05) is 18.1 Å². The van der Waals surface area contributed by atoms with E-state index in [1.54, 1.807) is 12.1 Å². The van der Waals surface area contributed by atoms with Gasteiger partial charge >= 0.3 is 0 Å². The molecule has 1 heterocycles. The van der Waals surface area contributed by atoms with Crippen LogP contribution >= 0.6 is 0 Å². The van der Waals surface area contributed by atoms with Crippen molar-refractivity contribution in [1.82, 2.24) is 4.72 Å². The van der Waals surface area contributed by atoms with E-state index in [2.05, 4.69) is 4.72 Å². The number of nitrogens with one attached hydrogen (secondary N) is 1. The molecule has 1 aliphatic rings. The summed E-state index contributed by atoms with van der Waals surface area (Å²) >= 11 is 0. The minimum absolute atomic E-state index is 0.0222. The lowest BCUT2D eigenvalue weighted by Crippen LogP contribution is -2.26. The first-order valence-corrected chi connectivity index (χ1v) is 10.6. The summed E-state index contributed by atoms with van der Waals surface area (Å²) in [5.74, 6) is 0.695. The van der Waals surface area contributed by atoms with Crippen LogP contribution in [0.2, 0.25) is 0 Å². The van der Waals surface area contributed by atoms with E-state index in [1.807, 2.05) is 18.2 Å². The topological polar surface area (TPSA) is 80.3 Å². The summed E-state index contributed by atoms with van der Waals surface area (Å²) in [5.41, 5.74) is 0.756. The van der Waals surface area contributed by atoms with Crippen molar-refractivity contribution in [2.45, 2.75) is 25.0 Å². The summed E-state index contributed by atoms with van der Waals surface area (Å²) in [6.45, 7) is 0.367. The van der Waals surface area contributed by atoms with Crippen LogP contribution < -0.4 is 4.72 Å². The molecule has 7 heteroatoms. The van der Waals surface area contributed by atoms with Gasteiger partial charge < -0.3 is 0 Å². The molecule has 1 fully saturated rings. The maximum absolute atomic E-state index is 11.9. The van der Waals surface area contributed by atoms with E-state index >= 15 is 0 Å². The fourth-order valence-corrected chi connectivity index (χ4v) is 5.66. The number of sulfonamides is 1. The zero-order chi connectivity index (χ0) is 15.3. The molecule has 1 N–H and O–H groups in total. The molecule has 1 aromatic rings. The zero-order valence-corrected chi connectivity index (χ0v) is 13.5. The van der Waals surface area contributed by atoms with Gasteiger partial charge in [0.15, 0.2) is 9.84 Å². The van der Waals surface area contributed by atoms with Gasteiger partial charge in [0.05, 0.1) is 17.3 Å². The first-order chi connectivity index (χ1) is 9.86. The fraction of sp³-hybridized carbons (Fsp3) is 0.571. The Labute approximate surface area is 126 Å². The normalized spacial score (nSPS) is 21.4. The number of hydrogen-bond acceptors (Lipinski definition) is 4. The quantitative estimate of drug-likeness (QED) is 0.764. The third-order valence-corrected chi connectivity index (χ3v) is 6.83. The Morgan fingerprint density at radius 1 is 1.19 bits per heavy atom. The van der Waals surface area contributed by atoms with Crippen molar-refractivity contribution in [2.24, 2.45) is 5.92 Å². The average Bonchev–Trinajstić information content (AvgIpc) is 2.75. The lowest BCUT2D eigenvalue weighted by molar-refractivity contribution is 0.512. The van der Waals surface area contributed by atoms with Crippen molar-refractivity contribution < 1.29 is 16.8 Å².